The lowest BCUT2D eigenvalue weighted by Gasteiger charge is -2.38. The van der Waals surface area contributed by atoms with E-state index in [1.165, 1.54) is 0 Å². The van der Waals surface area contributed by atoms with Gasteiger partial charge in [-0.1, -0.05) is 19.3 Å². The van der Waals surface area contributed by atoms with Crippen molar-refractivity contribution in [3.05, 3.63) is 0 Å². The van der Waals surface area contributed by atoms with Crippen LogP contribution in [0.2, 0.25) is 0 Å². The Kier molecular flexibility index (Phi) is 5.05. The number of alkyl halides is 3. The van der Waals surface area contributed by atoms with Crippen molar-refractivity contribution in [1.29, 1.82) is 0 Å². The highest BCUT2D eigenvalue weighted by Gasteiger charge is 2.36. The number of hydrogen-bond donors (Lipinski definition) is 1. The van der Waals surface area contributed by atoms with E-state index in [1.807, 2.05) is 0 Å². The van der Waals surface area contributed by atoms with E-state index in [0.717, 1.165) is 32.1 Å². The zero-order valence-corrected chi connectivity index (χ0v) is 9.76. The van der Waals surface area contributed by atoms with Crippen molar-refractivity contribution in [3.63, 3.8) is 0 Å². The first-order valence-electron chi connectivity index (χ1n) is 5.96. The molecule has 96 valence electrons. The number of rotatable bonds is 4. The van der Waals surface area contributed by atoms with Gasteiger partial charge in [0.05, 0.1) is 6.54 Å². The summed E-state index contributed by atoms with van der Waals surface area (Å²) in [7, 11) is 0. The Morgan fingerprint density at radius 3 is 2.25 bits per heavy atom. The largest absolute Gasteiger partial charge is 0.401 e. The maximum Gasteiger partial charge on any atom is 0.401 e. The normalized spacial score (nSPS) is 21.4. The van der Waals surface area contributed by atoms with Gasteiger partial charge in [-0.25, -0.2) is 0 Å². The Labute approximate surface area is 95.0 Å². The van der Waals surface area contributed by atoms with Crippen molar-refractivity contribution in [2.45, 2.75) is 57.3 Å². The van der Waals surface area contributed by atoms with E-state index in [9.17, 15) is 13.2 Å². The third kappa shape index (κ3) is 4.29. The fourth-order valence-corrected chi connectivity index (χ4v) is 2.40. The molecule has 0 aliphatic heterocycles. The highest BCUT2D eigenvalue weighted by Crippen LogP contribution is 2.27. The van der Waals surface area contributed by atoms with Crippen LogP contribution in [0.1, 0.15) is 39.0 Å². The third-order valence-corrected chi connectivity index (χ3v) is 3.31. The van der Waals surface area contributed by atoms with Crippen molar-refractivity contribution in [2.24, 2.45) is 5.73 Å². The lowest BCUT2D eigenvalue weighted by molar-refractivity contribution is -0.157. The molecule has 0 radical (unpaired) electrons. The van der Waals surface area contributed by atoms with Gasteiger partial charge in [0, 0.05) is 18.6 Å². The summed E-state index contributed by atoms with van der Waals surface area (Å²) in [6, 6.07) is -0.126. The summed E-state index contributed by atoms with van der Waals surface area (Å²) < 4.78 is 37.4. The van der Waals surface area contributed by atoms with E-state index in [0.29, 0.717) is 0 Å². The Balaban J connectivity index is 2.61. The molecule has 1 fully saturated rings. The number of halogens is 3. The maximum atomic E-state index is 12.5. The average Bonchev–Trinajstić information content (AvgIpc) is 2.25. The Bertz CT molecular complexity index is 200. The van der Waals surface area contributed by atoms with E-state index in [1.54, 1.807) is 11.8 Å². The third-order valence-electron chi connectivity index (χ3n) is 3.31. The van der Waals surface area contributed by atoms with Crippen LogP contribution in [0.3, 0.4) is 0 Å². The average molecular weight is 238 g/mol. The van der Waals surface area contributed by atoms with E-state index < -0.39 is 12.7 Å². The minimum Gasteiger partial charge on any atom is -0.329 e. The van der Waals surface area contributed by atoms with Crippen molar-refractivity contribution >= 4 is 0 Å². The summed E-state index contributed by atoms with van der Waals surface area (Å²) >= 11 is 0. The van der Waals surface area contributed by atoms with Gasteiger partial charge in [-0.2, -0.15) is 13.2 Å². The fraction of sp³-hybridized carbons (Fsp3) is 1.00. The molecule has 5 heteroatoms. The molecule has 0 bridgehead atoms. The molecular formula is C11H21F3N2. The van der Waals surface area contributed by atoms with Crippen LogP contribution in [0.5, 0.6) is 0 Å². The molecule has 0 aromatic carbocycles. The van der Waals surface area contributed by atoms with Crippen LogP contribution < -0.4 is 5.73 Å². The minimum atomic E-state index is -4.12. The first-order chi connectivity index (χ1) is 7.44. The van der Waals surface area contributed by atoms with E-state index in [2.05, 4.69) is 0 Å². The van der Waals surface area contributed by atoms with Crippen LogP contribution in [0.25, 0.3) is 0 Å². The highest BCUT2D eigenvalue weighted by molar-refractivity contribution is 4.81. The Morgan fingerprint density at radius 1 is 1.25 bits per heavy atom. The monoisotopic (exact) mass is 238 g/mol. The lowest BCUT2D eigenvalue weighted by Crippen LogP contribution is -2.50. The Morgan fingerprint density at radius 2 is 1.81 bits per heavy atom. The number of hydrogen-bond acceptors (Lipinski definition) is 2. The van der Waals surface area contributed by atoms with Gasteiger partial charge in [-0.3, -0.25) is 4.90 Å². The molecule has 0 saturated heterocycles. The molecule has 1 aliphatic rings. The summed E-state index contributed by atoms with van der Waals surface area (Å²) in [6.45, 7) is 1.24. The van der Waals surface area contributed by atoms with Crippen molar-refractivity contribution < 1.29 is 13.2 Å². The van der Waals surface area contributed by atoms with Gasteiger partial charge in [-0.05, 0) is 19.8 Å². The van der Waals surface area contributed by atoms with Gasteiger partial charge >= 0.3 is 6.18 Å². The molecule has 1 aliphatic carbocycles. The molecule has 1 unspecified atom stereocenters. The van der Waals surface area contributed by atoms with Gasteiger partial charge in [0.1, 0.15) is 0 Å². The van der Waals surface area contributed by atoms with E-state index in [-0.39, 0.29) is 18.6 Å². The predicted molar refractivity (Wildman–Crippen MR) is 58.2 cm³/mol. The second-order valence-corrected chi connectivity index (χ2v) is 4.66. The van der Waals surface area contributed by atoms with Crippen molar-refractivity contribution in [1.82, 2.24) is 4.90 Å². The van der Waals surface area contributed by atoms with Gasteiger partial charge in [0.15, 0.2) is 0 Å². The molecular weight excluding hydrogens is 217 g/mol. The first kappa shape index (κ1) is 13.8. The minimum absolute atomic E-state index is 0.0638. The van der Waals surface area contributed by atoms with Crippen LogP contribution in [0, 0.1) is 0 Å². The summed E-state index contributed by atoms with van der Waals surface area (Å²) in [6.07, 6.45) is 0.849. The first-order valence-corrected chi connectivity index (χ1v) is 5.96. The van der Waals surface area contributed by atoms with Crippen molar-refractivity contribution in [2.75, 3.05) is 13.1 Å². The number of nitrogens with zero attached hydrogens (tertiary/aromatic N) is 1. The highest BCUT2D eigenvalue weighted by atomic mass is 19.4. The van der Waals surface area contributed by atoms with Crippen LogP contribution in [-0.2, 0) is 0 Å². The van der Waals surface area contributed by atoms with Crippen LogP contribution in [0.4, 0.5) is 13.2 Å². The zero-order valence-electron chi connectivity index (χ0n) is 9.76. The van der Waals surface area contributed by atoms with Crippen LogP contribution in [0.15, 0.2) is 0 Å². The summed E-state index contributed by atoms with van der Waals surface area (Å²) in [5, 5.41) is 0. The lowest BCUT2D eigenvalue weighted by atomic mass is 9.93. The van der Waals surface area contributed by atoms with E-state index >= 15 is 0 Å². The smallest absolute Gasteiger partial charge is 0.329 e. The van der Waals surface area contributed by atoms with Gasteiger partial charge in [0.2, 0.25) is 0 Å². The molecule has 0 aromatic rings. The van der Waals surface area contributed by atoms with Crippen LogP contribution >= 0.6 is 0 Å². The predicted octanol–water partition coefficient (Wildman–Crippen LogP) is 2.53. The quantitative estimate of drug-likeness (QED) is 0.815. The SMILES string of the molecule is CC(CN)N(CC(F)(F)F)C1CCCCC1. The summed E-state index contributed by atoms with van der Waals surface area (Å²) in [4.78, 5) is 1.54. The molecule has 0 heterocycles. The summed E-state index contributed by atoms with van der Waals surface area (Å²) in [5.41, 5.74) is 5.49. The van der Waals surface area contributed by atoms with Gasteiger partial charge in [0.25, 0.3) is 0 Å². The van der Waals surface area contributed by atoms with Crippen LogP contribution in [-0.4, -0.2) is 36.2 Å². The zero-order chi connectivity index (χ0) is 12.2. The van der Waals surface area contributed by atoms with Gasteiger partial charge in [-0.15, -0.1) is 0 Å². The van der Waals surface area contributed by atoms with E-state index in [4.69, 9.17) is 5.73 Å². The topological polar surface area (TPSA) is 29.3 Å². The molecule has 1 rings (SSSR count). The number of nitrogens with two attached hydrogens (primary N) is 1. The fourth-order valence-electron chi connectivity index (χ4n) is 2.40. The van der Waals surface area contributed by atoms with Gasteiger partial charge < -0.3 is 5.73 Å². The second kappa shape index (κ2) is 5.87. The molecule has 16 heavy (non-hydrogen) atoms. The molecule has 0 amide bonds. The second-order valence-electron chi connectivity index (χ2n) is 4.66. The Hall–Kier alpha value is -0.290. The maximum absolute atomic E-state index is 12.5. The van der Waals surface area contributed by atoms with Crippen molar-refractivity contribution in [3.8, 4) is 0 Å². The summed E-state index contributed by atoms with van der Waals surface area (Å²) in [5.74, 6) is 0. The molecule has 2 nitrogen and oxygen atoms in total. The standard InChI is InChI=1S/C11H21F3N2/c1-9(7-15)16(8-11(12,13)14)10-5-3-2-4-6-10/h9-10H,2-8,15H2,1H3. The molecule has 1 atom stereocenters. The molecule has 1 saturated carbocycles. The molecule has 0 aromatic heterocycles. The molecule has 2 N–H and O–H groups in total. The molecule has 0 spiro atoms.